The second-order valence-electron chi connectivity index (χ2n) is 4.93. The third-order valence-corrected chi connectivity index (χ3v) is 3.37. The number of morpholine rings is 1. The van der Waals surface area contributed by atoms with E-state index >= 15 is 0 Å². The maximum atomic E-state index is 11.2. The molecule has 0 radical (unpaired) electrons. The summed E-state index contributed by atoms with van der Waals surface area (Å²) in [6.45, 7) is 6.57. The molecule has 1 unspecified atom stereocenters. The molecule has 1 atom stereocenters. The molecule has 0 bridgehead atoms. The molecule has 8 heteroatoms. The zero-order valence-corrected chi connectivity index (χ0v) is 12.4. The number of hydrogen-bond acceptors (Lipinski definition) is 7. The van der Waals surface area contributed by atoms with Crippen LogP contribution in [0, 0.1) is 10.1 Å². The van der Waals surface area contributed by atoms with Gasteiger partial charge in [-0.1, -0.05) is 13.8 Å². The van der Waals surface area contributed by atoms with Crippen molar-refractivity contribution in [2.75, 3.05) is 36.5 Å². The van der Waals surface area contributed by atoms with Crippen molar-refractivity contribution in [3.8, 4) is 0 Å². The maximum Gasteiger partial charge on any atom is 0.329 e. The number of nitrogens with zero attached hydrogens (tertiary/aromatic N) is 4. The number of nitro groups is 1. The molecule has 0 amide bonds. The number of ether oxygens (including phenoxy) is 1. The van der Waals surface area contributed by atoms with E-state index in [2.05, 4.69) is 15.3 Å². The Morgan fingerprint density at radius 3 is 3.05 bits per heavy atom. The Morgan fingerprint density at radius 1 is 1.57 bits per heavy atom. The van der Waals surface area contributed by atoms with Crippen LogP contribution in [0.2, 0.25) is 0 Å². The fraction of sp³-hybridized carbons (Fsp3) is 0.692. The Kier molecular flexibility index (Phi) is 5.26. The molecule has 21 heavy (non-hydrogen) atoms. The Morgan fingerprint density at radius 2 is 2.38 bits per heavy atom. The van der Waals surface area contributed by atoms with Gasteiger partial charge in [-0.2, -0.15) is 4.98 Å². The molecule has 1 saturated heterocycles. The van der Waals surface area contributed by atoms with Crippen LogP contribution in [0.4, 0.5) is 17.5 Å². The van der Waals surface area contributed by atoms with Crippen LogP contribution in [-0.4, -0.2) is 47.2 Å². The molecule has 1 fully saturated rings. The van der Waals surface area contributed by atoms with Crippen molar-refractivity contribution in [1.82, 2.24) is 9.97 Å². The Hall–Kier alpha value is -1.96. The van der Waals surface area contributed by atoms with Gasteiger partial charge in [0.1, 0.15) is 6.20 Å². The largest absolute Gasteiger partial charge is 0.375 e. The van der Waals surface area contributed by atoms with Gasteiger partial charge in [0, 0.05) is 19.6 Å². The van der Waals surface area contributed by atoms with Crippen molar-refractivity contribution in [1.29, 1.82) is 0 Å². The van der Waals surface area contributed by atoms with Crippen LogP contribution in [0.1, 0.15) is 26.7 Å². The van der Waals surface area contributed by atoms with Crippen LogP contribution in [0.15, 0.2) is 6.20 Å². The summed E-state index contributed by atoms with van der Waals surface area (Å²) < 4.78 is 5.60. The lowest BCUT2D eigenvalue weighted by Crippen LogP contribution is -2.43. The molecule has 1 aromatic rings. The van der Waals surface area contributed by atoms with Crippen LogP contribution in [0.5, 0.6) is 0 Å². The number of aromatic nitrogens is 2. The van der Waals surface area contributed by atoms with E-state index in [1.807, 2.05) is 18.7 Å². The van der Waals surface area contributed by atoms with E-state index in [-0.39, 0.29) is 11.8 Å². The highest BCUT2D eigenvalue weighted by Crippen LogP contribution is 2.27. The van der Waals surface area contributed by atoms with Gasteiger partial charge in [0.05, 0.1) is 17.6 Å². The van der Waals surface area contributed by atoms with Gasteiger partial charge in [0.2, 0.25) is 11.8 Å². The summed E-state index contributed by atoms with van der Waals surface area (Å²) in [5.74, 6) is 0.798. The molecular weight excluding hydrogens is 274 g/mol. The van der Waals surface area contributed by atoms with Crippen LogP contribution in [-0.2, 0) is 4.74 Å². The molecule has 0 saturated carbocycles. The number of nitrogens with one attached hydrogen (secondary N) is 1. The van der Waals surface area contributed by atoms with E-state index in [1.165, 1.54) is 6.20 Å². The predicted molar refractivity (Wildman–Crippen MR) is 79.7 cm³/mol. The first-order valence-corrected chi connectivity index (χ1v) is 7.27. The van der Waals surface area contributed by atoms with Crippen LogP contribution < -0.4 is 10.2 Å². The molecule has 1 aliphatic heterocycles. The summed E-state index contributed by atoms with van der Waals surface area (Å²) in [6, 6.07) is 0. The van der Waals surface area contributed by atoms with Gasteiger partial charge in [-0.05, 0) is 12.8 Å². The lowest BCUT2D eigenvalue weighted by atomic mass is 10.2. The quantitative estimate of drug-likeness (QED) is 0.632. The SMILES string of the molecule is CCCNc1ncc([N+](=O)[O-])c(N2CCOC(CC)C2)n1. The van der Waals surface area contributed by atoms with Gasteiger partial charge in [-0.15, -0.1) is 0 Å². The van der Waals surface area contributed by atoms with Gasteiger partial charge in [-0.3, -0.25) is 10.1 Å². The van der Waals surface area contributed by atoms with Crippen molar-refractivity contribution in [2.24, 2.45) is 0 Å². The van der Waals surface area contributed by atoms with Gasteiger partial charge in [0.25, 0.3) is 0 Å². The molecule has 116 valence electrons. The van der Waals surface area contributed by atoms with E-state index in [9.17, 15) is 10.1 Å². The monoisotopic (exact) mass is 295 g/mol. The van der Waals surface area contributed by atoms with E-state index in [0.717, 1.165) is 19.4 Å². The van der Waals surface area contributed by atoms with Crippen molar-refractivity contribution < 1.29 is 9.66 Å². The molecular formula is C13H21N5O3. The molecule has 1 aromatic heterocycles. The van der Waals surface area contributed by atoms with E-state index in [4.69, 9.17) is 4.74 Å². The topological polar surface area (TPSA) is 93.4 Å². The zero-order chi connectivity index (χ0) is 15.2. The molecule has 0 spiro atoms. The van der Waals surface area contributed by atoms with Gasteiger partial charge < -0.3 is 15.0 Å². The summed E-state index contributed by atoms with van der Waals surface area (Å²) in [5, 5.41) is 14.3. The van der Waals surface area contributed by atoms with Gasteiger partial charge in [0.15, 0.2) is 0 Å². The molecule has 0 aliphatic carbocycles. The summed E-state index contributed by atoms with van der Waals surface area (Å²) in [4.78, 5) is 21.0. The summed E-state index contributed by atoms with van der Waals surface area (Å²) in [6.07, 6.45) is 3.17. The molecule has 1 N–H and O–H groups in total. The molecule has 0 aromatic carbocycles. The molecule has 2 heterocycles. The molecule has 2 rings (SSSR count). The van der Waals surface area contributed by atoms with E-state index in [1.54, 1.807) is 0 Å². The lowest BCUT2D eigenvalue weighted by Gasteiger charge is -2.32. The van der Waals surface area contributed by atoms with Crippen molar-refractivity contribution in [2.45, 2.75) is 32.8 Å². The summed E-state index contributed by atoms with van der Waals surface area (Å²) in [7, 11) is 0. The number of anilines is 2. The average molecular weight is 295 g/mol. The molecule has 1 aliphatic rings. The van der Waals surface area contributed by atoms with E-state index in [0.29, 0.717) is 31.5 Å². The second kappa shape index (κ2) is 7.16. The lowest BCUT2D eigenvalue weighted by molar-refractivity contribution is -0.384. The maximum absolute atomic E-state index is 11.2. The van der Waals surface area contributed by atoms with Crippen molar-refractivity contribution >= 4 is 17.5 Å². The predicted octanol–water partition coefficient (Wildman–Crippen LogP) is 1.82. The minimum Gasteiger partial charge on any atom is -0.375 e. The normalized spacial score (nSPS) is 18.6. The minimum atomic E-state index is -0.435. The highest BCUT2D eigenvalue weighted by atomic mass is 16.6. The second-order valence-corrected chi connectivity index (χ2v) is 4.93. The average Bonchev–Trinajstić information content (AvgIpc) is 2.52. The highest BCUT2D eigenvalue weighted by Gasteiger charge is 2.27. The minimum absolute atomic E-state index is 0.0613. The third kappa shape index (κ3) is 3.78. The highest BCUT2D eigenvalue weighted by molar-refractivity contribution is 5.59. The Balaban J connectivity index is 2.27. The fourth-order valence-electron chi connectivity index (χ4n) is 2.21. The van der Waals surface area contributed by atoms with Gasteiger partial charge in [-0.25, -0.2) is 4.98 Å². The fourth-order valence-corrected chi connectivity index (χ4v) is 2.21. The van der Waals surface area contributed by atoms with Crippen LogP contribution in [0.25, 0.3) is 0 Å². The van der Waals surface area contributed by atoms with Crippen molar-refractivity contribution in [3.63, 3.8) is 0 Å². The third-order valence-electron chi connectivity index (χ3n) is 3.37. The van der Waals surface area contributed by atoms with Crippen molar-refractivity contribution in [3.05, 3.63) is 16.3 Å². The standard InChI is InChI=1S/C13H21N5O3/c1-3-5-14-13-15-8-11(18(19)20)12(16-13)17-6-7-21-10(4-2)9-17/h8,10H,3-7,9H2,1-2H3,(H,14,15,16). The Labute approximate surface area is 123 Å². The number of rotatable bonds is 6. The summed E-state index contributed by atoms with van der Waals surface area (Å²) >= 11 is 0. The first kappa shape index (κ1) is 15.4. The number of hydrogen-bond donors (Lipinski definition) is 1. The van der Waals surface area contributed by atoms with E-state index < -0.39 is 4.92 Å². The zero-order valence-electron chi connectivity index (χ0n) is 12.4. The van der Waals surface area contributed by atoms with Crippen LogP contribution >= 0.6 is 0 Å². The first-order valence-electron chi connectivity index (χ1n) is 7.27. The smallest absolute Gasteiger partial charge is 0.329 e. The first-order chi connectivity index (χ1) is 10.2. The van der Waals surface area contributed by atoms with Gasteiger partial charge >= 0.3 is 5.69 Å². The molecule has 8 nitrogen and oxygen atoms in total. The Bertz CT molecular complexity index is 497. The van der Waals surface area contributed by atoms with Crippen LogP contribution in [0.3, 0.4) is 0 Å². The summed E-state index contributed by atoms with van der Waals surface area (Å²) in [5.41, 5.74) is -0.0613.